The fourth-order valence-electron chi connectivity index (χ4n) is 3.02. The summed E-state index contributed by atoms with van der Waals surface area (Å²) >= 11 is 0. The van der Waals surface area contributed by atoms with Crippen molar-refractivity contribution in [2.24, 2.45) is 4.99 Å². The van der Waals surface area contributed by atoms with Gasteiger partial charge in [0.1, 0.15) is 0 Å². The van der Waals surface area contributed by atoms with Gasteiger partial charge in [-0.2, -0.15) is 0 Å². The van der Waals surface area contributed by atoms with Crippen molar-refractivity contribution >= 4 is 40.0 Å². The van der Waals surface area contributed by atoms with Crippen molar-refractivity contribution in [1.82, 2.24) is 20.3 Å². The Balaban J connectivity index is 0.00000784. The Labute approximate surface area is 194 Å². The lowest BCUT2D eigenvalue weighted by atomic mass is 10.2. The van der Waals surface area contributed by atoms with E-state index in [1.807, 2.05) is 13.0 Å². The van der Waals surface area contributed by atoms with Crippen LogP contribution in [-0.2, 0) is 16.6 Å². The minimum atomic E-state index is -3.44. The highest BCUT2D eigenvalue weighted by Crippen LogP contribution is 2.12. The quantitative estimate of drug-likeness (QED) is 0.174. The van der Waals surface area contributed by atoms with E-state index in [0.717, 1.165) is 37.6 Å². The molecule has 7 nitrogen and oxygen atoms in total. The third kappa shape index (κ3) is 10.1. The molecule has 168 valence electrons. The number of aliphatic imine (C=N–C) groups is 1. The standard InChI is InChI=1S/C20H37N5O2S.HI/c1-7-22-20(23-12-9-13-25(16(2)3)17(4)5)24-15-18-10-8-11-19(14-18)28(26,27)21-6;/h8,10-11,14,16-17,21H,7,9,12-13,15H2,1-6H3,(H2,22,23,24);1H. The summed E-state index contributed by atoms with van der Waals surface area (Å²) in [5, 5.41) is 6.60. The molecule has 9 heteroatoms. The second-order valence-electron chi connectivity index (χ2n) is 7.26. The fraction of sp³-hybridized carbons (Fsp3) is 0.650. The predicted molar refractivity (Wildman–Crippen MR) is 133 cm³/mol. The number of sulfonamides is 1. The Morgan fingerprint density at radius 3 is 2.34 bits per heavy atom. The molecule has 0 aromatic heterocycles. The zero-order chi connectivity index (χ0) is 21.2. The molecule has 3 N–H and O–H groups in total. The lowest BCUT2D eigenvalue weighted by molar-refractivity contribution is 0.173. The number of rotatable bonds is 11. The van der Waals surface area contributed by atoms with Gasteiger partial charge in [0, 0.05) is 31.7 Å². The maximum atomic E-state index is 11.9. The number of hydrogen-bond donors (Lipinski definition) is 3. The lowest BCUT2D eigenvalue weighted by Gasteiger charge is -2.30. The Morgan fingerprint density at radius 1 is 1.14 bits per heavy atom. The van der Waals surface area contributed by atoms with Crippen LogP contribution in [0, 0.1) is 0 Å². The molecule has 29 heavy (non-hydrogen) atoms. The number of hydrogen-bond acceptors (Lipinski definition) is 4. The van der Waals surface area contributed by atoms with Gasteiger partial charge in [-0.25, -0.2) is 18.1 Å². The molecular formula is C20H38IN5O2S. The van der Waals surface area contributed by atoms with Gasteiger partial charge in [0.25, 0.3) is 0 Å². The van der Waals surface area contributed by atoms with Crippen LogP contribution in [0.5, 0.6) is 0 Å². The maximum absolute atomic E-state index is 11.9. The molecule has 1 rings (SSSR count). The zero-order valence-electron chi connectivity index (χ0n) is 18.5. The van der Waals surface area contributed by atoms with E-state index in [1.54, 1.807) is 18.2 Å². The summed E-state index contributed by atoms with van der Waals surface area (Å²) in [4.78, 5) is 7.31. The first-order chi connectivity index (χ1) is 13.2. The van der Waals surface area contributed by atoms with Gasteiger partial charge in [0.05, 0.1) is 11.4 Å². The SMILES string of the molecule is CCNC(=NCc1cccc(S(=O)(=O)NC)c1)NCCCN(C(C)C)C(C)C.I. The smallest absolute Gasteiger partial charge is 0.240 e. The van der Waals surface area contributed by atoms with Crippen LogP contribution in [0.1, 0.15) is 46.6 Å². The van der Waals surface area contributed by atoms with E-state index >= 15 is 0 Å². The van der Waals surface area contributed by atoms with Crippen molar-refractivity contribution in [3.05, 3.63) is 29.8 Å². The van der Waals surface area contributed by atoms with Gasteiger partial charge in [-0.15, -0.1) is 24.0 Å². The first-order valence-electron chi connectivity index (χ1n) is 10.0. The van der Waals surface area contributed by atoms with Gasteiger partial charge >= 0.3 is 0 Å². The maximum Gasteiger partial charge on any atom is 0.240 e. The Hall–Kier alpha value is -0.910. The van der Waals surface area contributed by atoms with Crippen molar-refractivity contribution in [2.75, 3.05) is 26.7 Å². The molecule has 0 saturated carbocycles. The van der Waals surface area contributed by atoms with Gasteiger partial charge in [-0.1, -0.05) is 12.1 Å². The van der Waals surface area contributed by atoms with Crippen molar-refractivity contribution < 1.29 is 8.42 Å². The van der Waals surface area contributed by atoms with E-state index in [-0.39, 0.29) is 28.9 Å². The van der Waals surface area contributed by atoms with Crippen molar-refractivity contribution in [3.8, 4) is 0 Å². The largest absolute Gasteiger partial charge is 0.357 e. The van der Waals surface area contributed by atoms with Gasteiger partial charge in [-0.05, 0) is 65.8 Å². The summed E-state index contributed by atoms with van der Waals surface area (Å²) in [6.45, 7) is 14.0. The predicted octanol–water partition coefficient (Wildman–Crippen LogP) is 2.78. The Bertz CT molecular complexity index is 715. The van der Waals surface area contributed by atoms with Crippen LogP contribution in [0.4, 0.5) is 0 Å². The summed E-state index contributed by atoms with van der Waals surface area (Å²) in [6.07, 6.45) is 1.02. The van der Waals surface area contributed by atoms with E-state index in [4.69, 9.17) is 0 Å². The van der Waals surface area contributed by atoms with Crippen LogP contribution in [-0.4, -0.2) is 58.0 Å². The van der Waals surface area contributed by atoms with E-state index in [1.165, 1.54) is 7.05 Å². The molecule has 0 fully saturated rings. The van der Waals surface area contributed by atoms with Crippen LogP contribution < -0.4 is 15.4 Å². The fourth-order valence-corrected chi connectivity index (χ4v) is 3.82. The average Bonchev–Trinajstić information content (AvgIpc) is 2.65. The monoisotopic (exact) mass is 539 g/mol. The number of nitrogens with zero attached hydrogens (tertiary/aromatic N) is 2. The van der Waals surface area contributed by atoms with Crippen LogP contribution >= 0.6 is 24.0 Å². The van der Waals surface area contributed by atoms with Gasteiger partial charge in [-0.3, -0.25) is 4.90 Å². The van der Waals surface area contributed by atoms with Gasteiger partial charge in [0.2, 0.25) is 10.0 Å². The first kappa shape index (κ1) is 28.1. The minimum absolute atomic E-state index is 0. The van der Waals surface area contributed by atoms with Crippen molar-refractivity contribution in [3.63, 3.8) is 0 Å². The number of guanidine groups is 1. The highest BCUT2D eigenvalue weighted by atomic mass is 127. The number of nitrogens with one attached hydrogen (secondary N) is 3. The molecule has 0 unspecified atom stereocenters. The number of benzene rings is 1. The van der Waals surface area contributed by atoms with Crippen LogP contribution in [0.15, 0.2) is 34.2 Å². The number of halogens is 1. The summed E-state index contributed by atoms with van der Waals surface area (Å²) in [5.74, 6) is 0.741. The third-order valence-corrected chi connectivity index (χ3v) is 5.87. The molecule has 0 aliphatic rings. The highest BCUT2D eigenvalue weighted by Gasteiger charge is 2.13. The molecular weight excluding hydrogens is 501 g/mol. The summed E-state index contributed by atoms with van der Waals surface area (Å²) in [6, 6.07) is 7.91. The van der Waals surface area contributed by atoms with E-state index < -0.39 is 10.0 Å². The Kier molecular flexibility index (Phi) is 13.7. The van der Waals surface area contributed by atoms with Gasteiger partial charge in [0.15, 0.2) is 5.96 Å². The molecule has 0 aliphatic carbocycles. The molecule has 0 spiro atoms. The Morgan fingerprint density at radius 2 is 1.79 bits per heavy atom. The van der Waals surface area contributed by atoms with Crippen molar-refractivity contribution in [1.29, 1.82) is 0 Å². The summed E-state index contributed by atoms with van der Waals surface area (Å²) in [7, 11) is -2.03. The van der Waals surface area contributed by atoms with E-state index in [0.29, 0.717) is 18.6 Å². The molecule has 0 heterocycles. The van der Waals surface area contributed by atoms with Crippen LogP contribution in [0.2, 0.25) is 0 Å². The van der Waals surface area contributed by atoms with E-state index in [9.17, 15) is 8.42 Å². The molecule has 0 atom stereocenters. The lowest BCUT2D eigenvalue weighted by Crippen LogP contribution is -2.41. The average molecular weight is 540 g/mol. The van der Waals surface area contributed by atoms with Crippen LogP contribution in [0.3, 0.4) is 0 Å². The van der Waals surface area contributed by atoms with E-state index in [2.05, 4.69) is 52.9 Å². The molecule has 0 aliphatic heterocycles. The second-order valence-corrected chi connectivity index (χ2v) is 9.14. The van der Waals surface area contributed by atoms with Crippen LogP contribution in [0.25, 0.3) is 0 Å². The summed E-state index contributed by atoms with van der Waals surface area (Å²) < 4.78 is 26.2. The third-order valence-electron chi connectivity index (χ3n) is 4.45. The second kappa shape index (κ2) is 14.2. The first-order valence-corrected chi connectivity index (χ1v) is 11.5. The topological polar surface area (TPSA) is 85.8 Å². The van der Waals surface area contributed by atoms with Crippen molar-refractivity contribution in [2.45, 2.75) is 64.6 Å². The molecule has 1 aromatic rings. The minimum Gasteiger partial charge on any atom is -0.357 e. The van der Waals surface area contributed by atoms with Gasteiger partial charge < -0.3 is 10.6 Å². The highest BCUT2D eigenvalue weighted by molar-refractivity contribution is 14.0. The normalized spacial score (nSPS) is 12.4. The molecule has 1 aromatic carbocycles. The molecule has 0 saturated heterocycles. The molecule has 0 bridgehead atoms. The summed E-state index contributed by atoms with van der Waals surface area (Å²) in [5.41, 5.74) is 0.847. The zero-order valence-corrected chi connectivity index (χ0v) is 21.7. The molecule has 0 radical (unpaired) electrons. The molecule has 0 amide bonds.